The highest BCUT2D eigenvalue weighted by Gasteiger charge is 2.13. The number of carbonyl (C=O) groups is 1. The standard InChI is InChI=1S/C16H21N3O/c1-19-11-5-8-14(19)12-18-16(20)15(17)10-9-13-6-3-2-4-7-13/h2-8,11,15H,9-10,12,17H2,1H3,(H,18,20)/t15-/m0/s1. The van der Waals surface area contributed by atoms with E-state index >= 15 is 0 Å². The van der Waals surface area contributed by atoms with Crippen molar-refractivity contribution in [2.24, 2.45) is 12.8 Å². The summed E-state index contributed by atoms with van der Waals surface area (Å²) in [5.41, 5.74) is 8.19. The molecule has 2 rings (SSSR count). The van der Waals surface area contributed by atoms with E-state index in [1.165, 1.54) is 5.56 Å². The highest BCUT2D eigenvalue weighted by Crippen LogP contribution is 2.04. The molecule has 1 atom stereocenters. The summed E-state index contributed by atoms with van der Waals surface area (Å²) in [6.45, 7) is 0.515. The third-order valence-corrected chi connectivity index (χ3v) is 3.42. The lowest BCUT2D eigenvalue weighted by Crippen LogP contribution is -2.40. The smallest absolute Gasteiger partial charge is 0.237 e. The Morgan fingerprint density at radius 3 is 2.65 bits per heavy atom. The normalized spacial score (nSPS) is 12.1. The molecule has 1 amide bonds. The van der Waals surface area contributed by atoms with Gasteiger partial charge in [0.15, 0.2) is 0 Å². The van der Waals surface area contributed by atoms with Crippen molar-refractivity contribution in [1.29, 1.82) is 0 Å². The number of aryl methyl sites for hydroxylation is 2. The minimum Gasteiger partial charge on any atom is -0.353 e. The Labute approximate surface area is 119 Å². The van der Waals surface area contributed by atoms with E-state index in [9.17, 15) is 4.79 Å². The predicted octanol–water partition coefficient (Wildman–Crippen LogP) is 1.60. The summed E-state index contributed by atoms with van der Waals surface area (Å²) < 4.78 is 1.98. The van der Waals surface area contributed by atoms with Crippen LogP contribution in [0.2, 0.25) is 0 Å². The molecule has 0 aliphatic carbocycles. The average molecular weight is 271 g/mol. The van der Waals surface area contributed by atoms with Crippen molar-refractivity contribution in [3.63, 3.8) is 0 Å². The lowest BCUT2D eigenvalue weighted by molar-refractivity contribution is -0.122. The van der Waals surface area contributed by atoms with Crippen LogP contribution in [0.1, 0.15) is 17.7 Å². The van der Waals surface area contributed by atoms with Gasteiger partial charge in [-0.3, -0.25) is 4.79 Å². The Kier molecular flexibility index (Phi) is 4.96. The van der Waals surface area contributed by atoms with E-state index in [1.54, 1.807) is 0 Å². The first-order valence-corrected chi connectivity index (χ1v) is 6.84. The van der Waals surface area contributed by atoms with Gasteiger partial charge in [-0.15, -0.1) is 0 Å². The van der Waals surface area contributed by atoms with Crippen LogP contribution in [0.3, 0.4) is 0 Å². The van der Waals surface area contributed by atoms with Gasteiger partial charge in [0, 0.05) is 18.9 Å². The van der Waals surface area contributed by atoms with Crippen LogP contribution in [-0.4, -0.2) is 16.5 Å². The van der Waals surface area contributed by atoms with E-state index in [0.717, 1.165) is 12.1 Å². The van der Waals surface area contributed by atoms with Crippen LogP contribution >= 0.6 is 0 Å². The third kappa shape index (κ3) is 3.96. The summed E-state index contributed by atoms with van der Waals surface area (Å²) in [6, 6.07) is 13.5. The maximum Gasteiger partial charge on any atom is 0.237 e. The molecule has 106 valence electrons. The number of rotatable bonds is 6. The molecule has 1 aromatic carbocycles. The summed E-state index contributed by atoms with van der Waals surface area (Å²) in [4.78, 5) is 11.9. The molecule has 0 saturated heterocycles. The van der Waals surface area contributed by atoms with E-state index < -0.39 is 6.04 Å². The molecule has 4 nitrogen and oxygen atoms in total. The van der Waals surface area contributed by atoms with Crippen LogP contribution in [0.15, 0.2) is 48.7 Å². The molecule has 0 radical (unpaired) electrons. The van der Waals surface area contributed by atoms with Crippen molar-refractivity contribution in [1.82, 2.24) is 9.88 Å². The second kappa shape index (κ2) is 6.91. The Morgan fingerprint density at radius 2 is 2.00 bits per heavy atom. The van der Waals surface area contributed by atoms with Gasteiger partial charge >= 0.3 is 0 Å². The van der Waals surface area contributed by atoms with Crippen LogP contribution in [-0.2, 0) is 24.8 Å². The second-order valence-electron chi connectivity index (χ2n) is 4.96. The number of carbonyl (C=O) groups excluding carboxylic acids is 1. The molecule has 0 aliphatic rings. The summed E-state index contributed by atoms with van der Waals surface area (Å²) in [7, 11) is 1.96. The van der Waals surface area contributed by atoms with Crippen LogP contribution < -0.4 is 11.1 Å². The fourth-order valence-electron chi connectivity index (χ4n) is 2.09. The number of benzene rings is 1. The Balaban J connectivity index is 1.76. The van der Waals surface area contributed by atoms with Gasteiger partial charge in [0.25, 0.3) is 0 Å². The molecule has 0 aliphatic heterocycles. The van der Waals surface area contributed by atoms with E-state index in [2.05, 4.69) is 17.4 Å². The van der Waals surface area contributed by atoms with Crippen LogP contribution in [0, 0.1) is 0 Å². The first-order chi connectivity index (χ1) is 9.66. The number of amides is 1. The van der Waals surface area contributed by atoms with Crippen molar-refractivity contribution in [3.8, 4) is 0 Å². The van der Waals surface area contributed by atoms with Gasteiger partial charge < -0.3 is 15.6 Å². The quantitative estimate of drug-likeness (QED) is 0.838. The molecular weight excluding hydrogens is 250 g/mol. The third-order valence-electron chi connectivity index (χ3n) is 3.42. The lowest BCUT2D eigenvalue weighted by atomic mass is 10.1. The number of nitrogens with one attached hydrogen (secondary N) is 1. The number of hydrogen-bond acceptors (Lipinski definition) is 2. The Bertz CT molecular complexity index is 548. The maximum absolute atomic E-state index is 11.9. The van der Waals surface area contributed by atoms with Gasteiger partial charge in [0.2, 0.25) is 5.91 Å². The lowest BCUT2D eigenvalue weighted by Gasteiger charge is -2.12. The molecule has 1 aromatic heterocycles. The van der Waals surface area contributed by atoms with E-state index in [1.807, 2.05) is 48.1 Å². The highest BCUT2D eigenvalue weighted by atomic mass is 16.2. The van der Waals surface area contributed by atoms with Gasteiger partial charge in [-0.25, -0.2) is 0 Å². The predicted molar refractivity (Wildman–Crippen MR) is 80.0 cm³/mol. The minimum absolute atomic E-state index is 0.0952. The fourth-order valence-corrected chi connectivity index (χ4v) is 2.09. The molecule has 2 aromatic rings. The van der Waals surface area contributed by atoms with Gasteiger partial charge in [-0.1, -0.05) is 30.3 Å². The van der Waals surface area contributed by atoms with Crippen molar-refractivity contribution >= 4 is 5.91 Å². The molecular formula is C16H21N3O. The maximum atomic E-state index is 11.9. The fraction of sp³-hybridized carbons (Fsp3) is 0.312. The topological polar surface area (TPSA) is 60.0 Å². The van der Waals surface area contributed by atoms with Crippen molar-refractivity contribution in [3.05, 3.63) is 59.9 Å². The summed E-state index contributed by atoms with van der Waals surface area (Å²) in [5, 5.41) is 2.88. The van der Waals surface area contributed by atoms with E-state index in [0.29, 0.717) is 13.0 Å². The monoisotopic (exact) mass is 271 g/mol. The van der Waals surface area contributed by atoms with Gasteiger partial charge in [0.1, 0.15) is 0 Å². The van der Waals surface area contributed by atoms with Crippen LogP contribution in [0.25, 0.3) is 0 Å². The number of hydrogen-bond donors (Lipinski definition) is 2. The highest BCUT2D eigenvalue weighted by molar-refractivity contribution is 5.81. The van der Waals surface area contributed by atoms with Gasteiger partial charge in [0.05, 0.1) is 12.6 Å². The van der Waals surface area contributed by atoms with Crippen molar-refractivity contribution < 1.29 is 4.79 Å². The Hall–Kier alpha value is -2.07. The molecule has 0 bridgehead atoms. The molecule has 0 unspecified atom stereocenters. The summed E-state index contributed by atoms with van der Waals surface area (Å²) >= 11 is 0. The zero-order chi connectivity index (χ0) is 14.4. The van der Waals surface area contributed by atoms with Gasteiger partial charge in [-0.05, 0) is 30.5 Å². The van der Waals surface area contributed by atoms with E-state index in [4.69, 9.17) is 5.73 Å². The number of nitrogens with zero attached hydrogens (tertiary/aromatic N) is 1. The molecule has 0 saturated carbocycles. The van der Waals surface area contributed by atoms with Crippen LogP contribution in [0.4, 0.5) is 0 Å². The first kappa shape index (κ1) is 14.3. The van der Waals surface area contributed by atoms with Crippen molar-refractivity contribution in [2.45, 2.75) is 25.4 Å². The largest absolute Gasteiger partial charge is 0.353 e. The van der Waals surface area contributed by atoms with Crippen molar-refractivity contribution in [2.75, 3.05) is 0 Å². The van der Waals surface area contributed by atoms with E-state index in [-0.39, 0.29) is 5.91 Å². The molecule has 4 heteroatoms. The van der Waals surface area contributed by atoms with Crippen LogP contribution in [0.5, 0.6) is 0 Å². The SMILES string of the molecule is Cn1cccc1CNC(=O)[C@@H](N)CCc1ccccc1. The minimum atomic E-state index is -0.463. The van der Waals surface area contributed by atoms with Gasteiger partial charge in [-0.2, -0.15) is 0 Å². The molecule has 1 heterocycles. The average Bonchev–Trinajstić information content (AvgIpc) is 2.88. The summed E-state index contributed by atoms with van der Waals surface area (Å²) in [5.74, 6) is -0.0952. The number of nitrogens with two attached hydrogens (primary N) is 1. The Morgan fingerprint density at radius 1 is 1.25 bits per heavy atom. The number of aromatic nitrogens is 1. The molecule has 0 spiro atoms. The zero-order valence-corrected chi connectivity index (χ0v) is 11.8. The summed E-state index contributed by atoms with van der Waals surface area (Å²) in [6.07, 6.45) is 3.43. The molecule has 20 heavy (non-hydrogen) atoms. The molecule has 3 N–H and O–H groups in total. The zero-order valence-electron chi connectivity index (χ0n) is 11.8. The molecule has 0 fully saturated rings. The second-order valence-corrected chi connectivity index (χ2v) is 4.96. The first-order valence-electron chi connectivity index (χ1n) is 6.84.